The lowest BCUT2D eigenvalue weighted by atomic mass is 9.98. The minimum Gasteiger partial charge on any atom is -0.465 e. The predicted octanol–water partition coefficient (Wildman–Crippen LogP) is 1.89. The summed E-state index contributed by atoms with van der Waals surface area (Å²) in [5.41, 5.74) is -1.52. The first kappa shape index (κ1) is 25.3. The van der Waals surface area contributed by atoms with Crippen molar-refractivity contribution in [2.24, 2.45) is 12.5 Å². The lowest BCUT2D eigenvalue weighted by molar-refractivity contribution is -0.156. The maximum Gasteiger partial charge on any atom is 0.407 e. The van der Waals surface area contributed by atoms with Crippen LogP contribution >= 0.6 is 11.6 Å². The van der Waals surface area contributed by atoms with E-state index in [1.54, 1.807) is 49.6 Å². The highest BCUT2D eigenvalue weighted by molar-refractivity contribution is 6.32. The molecule has 0 bridgehead atoms. The van der Waals surface area contributed by atoms with E-state index in [2.05, 4.69) is 4.98 Å². The van der Waals surface area contributed by atoms with Crippen LogP contribution in [0.4, 0.5) is 10.7 Å². The Morgan fingerprint density at radius 1 is 1.11 bits per heavy atom. The summed E-state index contributed by atoms with van der Waals surface area (Å²) in [5.74, 6) is -0.200. The lowest BCUT2D eigenvalue weighted by Gasteiger charge is -2.34. The van der Waals surface area contributed by atoms with E-state index in [4.69, 9.17) is 16.3 Å². The summed E-state index contributed by atoms with van der Waals surface area (Å²) in [6, 6.07) is 6.89. The van der Waals surface area contributed by atoms with Gasteiger partial charge in [-0.1, -0.05) is 23.7 Å². The zero-order chi connectivity index (χ0) is 26.4. The zero-order valence-corrected chi connectivity index (χ0v) is 21.2. The average Bonchev–Trinajstić information content (AvgIpc) is 3.22. The first-order chi connectivity index (χ1) is 16.9. The highest BCUT2D eigenvalue weighted by atomic mass is 35.5. The van der Waals surface area contributed by atoms with Crippen molar-refractivity contribution in [2.75, 3.05) is 31.1 Å². The Bertz CT molecular complexity index is 1460. The highest BCUT2D eigenvalue weighted by Gasteiger charge is 2.30. The van der Waals surface area contributed by atoms with Gasteiger partial charge < -0.3 is 19.6 Å². The Kier molecular flexibility index (Phi) is 6.56. The largest absolute Gasteiger partial charge is 0.465 e. The Labute approximate surface area is 210 Å². The number of benzene rings is 1. The molecule has 192 valence electrons. The number of amides is 1. The first-order valence-electron chi connectivity index (χ1n) is 11.3. The van der Waals surface area contributed by atoms with Crippen molar-refractivity contribution >= 4 is 40.8 Å². The summed E-state index contributed by atoms with van der Waals surface area (Å²) in [5, 5.41) is 9.67. The number of esters is 1. The number of piperazine rings is 1. The van der Waals surface area contributed by atoms with Crippen molar-refractivity contribution in [3.8, 4) is 5.69 Å². The number of fused-ring (bicyclic) bond motifs is 1. The maximum absolute atomic E-state index is 13.4. The summed E-state index contributed by atoms with van der Waals surface area (Å²) in [4.78, 5) is 58.0. The predicted molar refractivity (Wildman–Crippen MR) is 133 cm³/mol. The van der Waals surface area contributed by atoms with Gasteiger partial charge in [-0.3, -0.25) is 18.7 Å². The van der Waals surface area contributed by atoms with Crippen LogP contribution < -0.4 is 16.1 Å². The topological polar surface area (TPSA) is 132 Å². The third-order valence-electron chi connectivity index (χ3n) is 5.99. The third kappa shape index (κ3) is 4.43. The summed E-state index contributed by atoms with van der Waals surface area (Å²) >= 11 is 6.51. The molecule has 3 aromatic rings. The molecule has 2 aromatic heterocycles. The number of nitrogens with zero attached hydrogens (tertiary/aromatic N) is 6. The Morgan fingerprint density at radius 2 is 1.75 bits per heavy atom. The van der Waals surface area contributed by atoms with Crippen LogP contribution in [0, 0.1) is 5.41 Å². The SMILES string of the molecule is Cn1c(=O)c2c(nc(N3CCN(C(=O)O)CC3)n2-c2ccccc2Cl)n(COC(=O)C(C)(C)C)c1=O. The molecular formula is C23H27ClN6O6. The van der Waals surface area contributed by atoms with Crippen LogP contribution in [0.25, 0.3) is 16.9 Å². The number of hydrogen-bond acceptors (Lipinski definition) is 7. The molecular weight excluding hydrogens is 492 g/mol. The first-order valence-corrected chi connectivity index (χ1v) is 11.7. The second-order valence-corrected chi connectivity index (χ2v) is 9.92. The van der Waals surface area contributed by atoms with Crippen LogP contribution in [0.1, 0.15) is 20.8 Å². The molecule has 1 N–H and O–H groups in total. The molecule has 0 atom stereocenters. The molecule has 3 heterocycles. The van der Waals surface area contributed by atoms with Gasteiger partial charge in [-0.2, -0.15) is 4.98 Å². The van der Waals surface area contributed by atoms with Crippen LogP contribution in [0.15, 0.2) is 33.9 Å². The molecule has 0 saturated carbocycles. The van der Waals surface area contributed by atoms with Crippen molar-refractivity contribution in [3.05, 3.63) is 50.1 Å². The van der Waals surface area contributed by atoms with E-state index in [0.717, 1.165) is 9.13 Å². The van der Waals surface area contributed by atoms with Crippen LogP contribution in [0.5, 0.6) is 0 Å². The van der Waals surface area contributed by atoms with Gasteiger partial charge >= 0.3 is 17.8 Å². The summed E-state index contributed by atoms with van der Waals surface area (Å²) < 4.78 is 9.01. The fourth-order valence-electron chi connectivity index (χ4n) is 3.92. The van der Waals surface area contributed by atoms with Gasteiger partial charge in [0.2, 0.25) is 5.95 Å². The van der Waals surface area contributed by atoms with Gasteiger partial charge in [0.25, 0.3) is 5.56 Å². The number of anilines is 1. The molecule has 13 heteroatoms. The van der Waals surface area contributed by atoms with Crippen molar-refractivity contribution < 1.29 is 19.4 Å². The number of aromatic nitrogens is 4. The van der Waals surface area contributed by atoms with E-state index in [1.807, 2.05) is 4.90 Å². The van der Waals surface area contributed by atoms with Gasteiger partial charge in [-0.15, -0.1) is 0 Å². The smallest absolute Gasteiger partial charge is 0.407 e. The van der Waals surface area contributed by atoms with Crippen LogP contribution in [-0.4, -0.2) is 66.9 Å². The molecule has 12 nitrogen and oxygen atoms in total. The quantitative estimate of drug-likeness (QED) is 0.518. The molecule has 4 rings (SSSR count). The zero-order valence-electron chi connectivity index (χ0n) is 20.4. The molecule has 1 aliphatic heterocycles. The van der Waals surface area contributed by atoms with E-state index in [-0.39, 0.29) is 24.3 Å². The minimum absolute atomic E-state index is 0.0281. The Morgan fingerprint density at radius 3 is 2.33 bits per heavy atom. The normalized spacial score (nSPS) is 14.4. The van der Waals surface area contributed by atoms with E-state index < -0.39 is 35.5 Å². The summed E-state index contributed by atoms with van der Waals surface area (Å²) in [6.45, 7) is 5.71. The van der Waals surface area contributed by atoms with Gasteiger partial charge in [-0.25, -0.2) is 14.2 Å². The molecule has 1 aliphatic rings. The minimum atomic E-state index is -1.02. The molecule has 1 saturated heterocycles. The second kappa shape index (κ2) is 9.34. The maximum atomic E-state index is 13.4. The molecule has 1 fully saturated rings. The lowest BCUT2D eigenvalue weighted by Crippen LogP contribution is -2.49. The number of carbonyl (C=O) groups is 2. The molecule has 1 amide bonds. The van der Waals surface area contributed by atoms with Gasteiger partial charge in [-0.05, 0) is 32.9 Å². The molecule has 0 spiro atoms. The number of hydrogen-bond donors (Lipinski definition) is 1. The number of halogens is 1. The van der Waals surface area contributed by atoms with Crippen LogP contribution in [0.3, 0.4) is 0 Å². The van der Waals surface area contributed by atoms with Crippen molar-refractivity contribution in [1.29, 1.82) is 0 Å². The summed E-state index contributed by atoms with van der Waals surface area (Å²) in [6.07, 6.45) is -1.02. The second-order valence-electron chi connectivity index (χ2n) is 9.51. The number of imidazole rings is 1. The van der Waals surface area contributed by atoms with Crippen LogP contribution in [-0.2, 0) is 23.3 Å². The fourth-order valence-corrected chi connectivity index (χ4v) is 4.14. The van der Waals surface area contributed by atoms with Crippen molar-refractivity contribution in [3.63, 3.8) is 0 Å². The molecule has 0 radical (unpaired) electrons. The van der Waals surface area contributed by atoms with Gasteiger partial charge in [0.15, 0.2) is 17.9 Å². The molecule has 1 aromatic carbocycles. The Balaban J connectivity index is 1.94. The number of para-hydroxylation sites is 1. The van der Waals surface area contributed by atoms with Crippen LogP contribution in [0.2, 0.25) is 5.02 Å². The number of rotatable bonds is 4. The van der Waals surface area contributed by atoms with E-state index in [0.29, 0.717) is 29.7 Å². The monoisotopic (exact) mass is 518 g/mol. The van der Waals surface area contributed by atoms with Gasteiger partial charge in [0.1, 0.15) is 0 Å². The standard InChI is InChI=1S/C23H27ClN6O6/c1-23(2,3)19(32)36-13-29-17-16(18(31)26(4)21(29)33)30(15-8-6-5-7-14(15)24)20(25-17)27-9-11-28(12-10-27)22(34)35/h5-8H,9-13H2,1-4H3,(H,34,35). The average molecular weight is 519 g/mol. The van der Waals surface area contributed by atoms with Crippen molar-refractivity contribution in [2.45, 2.75) is 27.5 Å². The van der Waals surface area contributed by atoms with E-state index in [1.165, 1.54) is 11.9 Å². The number of carbonyl (C=O) groups excluding carboxylic acids is 1. The number of ether oxygens (including phenoxy) is 1. The third-order valence-corrected chi connectivity index (χ3v) is 6.31. The molecule has 36 heavy (non-hydrogen) atoms. The number of carboxylic acid groups (broad SMARTS) is 1. The fraction of sp³-hybridized carbons (Fsp3) is 0.435. The highest BCUT2D eigenvalue weighted by Crippen LogP contribution is 2.30. The van der Waals surface area contributed by atoms with Gasteiger partial charge in [0.05, 0.1) is 16.1 Å². The Hall–Kier alpha value is -3.80. The molecule has 0 unspecified atom stereocenters. The van der Waals surface area contributed by atoms with E-state index >= 15 is 0 Å². The van der Waals surface area contributed by atoms with E-state index in [9.17, 15) is 24.3 Å². The van der Waals surface area contributed by atoms with Gasteiger partial charge in [0, 0.05) is 33.2 Å². The van der Waals surface area contributed by atoms with Crippen molar-refractivity contribution in [1.82, 2.24) is 23.6 Å². The molecule has 0 aliphatic carbocycles. The summed E-state index contributed by atoms with van der Waals surface area (Å²) in [7, 11) is 1.33.